The van der Waals surface area contributed by atoms with Crippen molar-refractivity contribution < 1.29 is 42.4 Å². The Morgan fingerprint density at radius 1 is 0.852 bits per heavy atom. The summed E-state index contributed by atoms with van der Waals surface area (Å²) >= 11 is 0. The Morgan fingerprint density at radius 2 is 1.33 bits per heavy atom. The van der Waals surface area contributed by atoms with E-state index in [4.69, 9.17) is 49.0 Å². The van der Waals surface area contributed by atoms with E-state index in [0.29, 0.717) is 6.42 Å². The topological polar surface area (TPSA) is 150 Å². The molecule has 0 radical (unpaired) electrons. The van der Waals surface area contributed by atoms with Crippen LogP contribution in [0.25, 0.3) is 0 Å². The van der Waals surface area contributed by atoms with E-state index in [9.17, 15) is 4.79 Å². The molecule has 7 rings (SSSR count). The molecule has 10 nitrogen and oxygen atoms in total. The first-order chi connectivity index (χ1) is 25.7. The Hall–Kier alpha value is -2.45. The maximum absolute atomic E-state index is 12.8. The van der Waals surface area contributed by atoms with Crippen LogP contribution in [0.1, 0.15) is 98.5 Å². The number of nitrogens with two attached hydrogens (primary N) is 2. The van der Waals surface area contributed by atoms with Crippen LogP contribution in [0, 0.1) is 11.8 Å². The van der Waals surface area contributed by atoms with Gasteiger partial charge in [0.2, 0.25) is 5.91 Å². The Morgan fingerprint density at radius 3 is 1.80 bits per heavy atom. The molecule has 304 valence electrons. The number of allylic oxidation sites excluding steroid dienone is 2. The van der Waals surface area contributed by atoms with Crippen LogP contribution in [0.5, 0.6) is 0 Å². The van der Waals surface area contributed by atoms with Gasteiger partial charge in [0.1, 0.15) is 11.2 Å². The highest BCUT2D eigenvalue weighted by molar-refractivity contribution is 5.76. The van der Waals surface area contributed by atoms with Crippen LogP contribution >= 0.6 is 0 Å². The zero-order chi connectivity index (χ0) is 39.5. The van der Waals surface area contributed by atoms with Gasteiger partial charge in [0.25, 0.3) is 0 Å². The fourth-order valence-electron chi connectivity index (χ4n) is 9.58. The molecule has 2 saturated carbocycles. The van der Waals surface area contributed by atoms with Gasteiger partial charge in [0.15, 0.2) is 0 Å². The van der Waals surface area contributed by atoms with E-state index in [2.05, 4.69) is 59.0 Å². The van der Waals surface area contributed by atoms with E-state index < -0.39 is 0 Å². The third-order valence-corrected chi connectivity index (χ3v) is 12.8. The fraction of sp³-hybridized carbons (Fsp3) is 0.738. The summed E-state index contributed by atoms with van der Waals surface area (Å²) in [6, 6.07) is 7.93. The van der Waals surface area contributed by atoms with Gasteiger partial charge in [-0.3, -0.25) is 4.79 Å². The van der Waals surface area contributed by atoms with Crippen molar-refractivity contribution in [2.75, 3.05) is 33.2 Å². The van der Waals surface area contributed by atoms with Crippen LogP contribution < -0.4 is 16.8 Å². The largest absolute Gasteiger partial charge is 0.399 e. The molecule has 54 heavy (non-hydrogen) atoms. The second-order valence-electron chi connectivity index (χ2n) is 17.2. The van der Waals surface area contributed by atoms with E-state index in [1.54, 1.807) is 14.2 Å². The summed E-state index contributed by atoms with van der Waals surface area (Å²) in [5, 5.41) is 3.27. The monoisotopic (exact) mass is 761 g/mol. The number of hydrogen-bond acceptors (Lipinski definition) is 9. The summed E-state index contributed by atoms with van der Waals surface area (Å²) in [4.78, 5) is 12.8. The van der Waals surface area contributed by atoms with Gasteiger partial charge >= 0.3 is 0 Å². The Kier molecular flexibility index (Phi) is 13.7. The minimum atomic E-state index is -0.276. The van der Waals surface area contributed by atoms with Gasteiger partial charge in [-0.2, -0.15) is 0 Å². The molecule has 0 aromatic heterocycles. The SMILES string of the molecule is CO[C@@H]1[C@H](N)CC[C@]2(CO2)[C@H]1[C@@]1(C)O[C@@H]1CC=C(C)C.CO[C@@H]1[C@H](NC(=O)CCCc2ccc(N)cc2)CC[C@]2(CO2)[C@H]1[C@@]1(C)O[C@@H]1CC=C(C)C.FF. The van der Waals surface area contributed by atoms with Crippen LogP contribution in [0.4, 0.5) is 14.8 Å². The molecule has 6 fully saturated rings. The Balaban J connectivity index is 0.000000218. The first kappa shape index (κ1) is 42.7. The van der Waals surface area contributed by atoms with Gasteiger partial charge in [-0.25, -0.2) is 0 Å². The quantitative estimate of drug-likeness (QED) is 0.114. The lowest BCUT2D eigenvalue weighted by molar-refractivity contribution is -0.126. The second-order valence-corrected chi connectivity index (χ2v) is 17.2. The number of benzene rings is 1. The number of carbonyl (C=O) groups is 1. The number of rotatable bonds is 13. The van der Waals surface area contributed by atoms with Gasteiger partial charge in [0, 0.05) is 53.4 Å². The molecule has 0 bridgehead atoms. The number of anilines is 1. The summed E-state index contributed by atoms with van der Waals surface area (Å²) in [5.74, 6) is 0.450. The van der Waals surface area contributed by atoms with Gasteiger partial charge < -0.3 is 45.2 Å². The number of methoxy groups -OCH3 is 2. The van der Waals surface area contributed by atoms with Crippen molar-refractivity contribution in [1.82, 2.24) is 5.32 Å². The van der Waals surface area contributed by atoms with Crippen molar-refractivity contribution in [2.24, 2.45) is 17.6 Å². The molecule has 4 heterocycles. The van der Waals surface area contributed by atoms with Gasteiger partial charge in [-0.05, 0) is 111 Å². The third kappa shape index (κ3) is 9.39. The summed E-state index contributed by atoms with van der Waals surface area (Å²) in [5.41, 5.74) is 16.0. The number of carbonyl (C=O) groups excluding carboxylic acids is 1. The number of amides is 1. The highest BCUT2D eigenvalue weighted by atomic mass is 20.0. The highest BCUT2D eigenvalue weighted by Gasteiger charge is 2.73. The van der Waals surface area contributed by atoms with Crippen molar-refractivity contribution >= 4 is 11.6 Å². The van der Waals surface area contributed by atoms with E-state index in [1.807, 2.05) is 24.3 Å². The number of hydrogen-bond donors (Lipinski definition) is 3. The summed E-state index contributed by atoms with van der Waals surface area (Å²) in [6.45, 7) is 14.5. The van der Waals surface area contributed by atoms with Gasteiger partial charge in [-0.15, -0.1) is 0 Å². The number of epoxide rings is 4. The first-order valence-corrected chi connectivity index (χ1v) is 19.7. The second kappa shape index (κ2) is 17.4. The molecule has 4 saturated heterocycles. The number of ether oxygens (including phenoxy) is 6. The molecule has 5 N–H and O–H groups in total. The van der Waals surface area contributed by atoms with Crippen molar-refractivity contribution in [3.8, 4) is 0 Å². The van der Waals surface area contributed by atoms with Crippen LogP contribution in [0.3, 0.4) is 0 Å². The van der Waals surface area contributed by atoms with E-state index in [1.165, 1.54) is 16.7 Å². The molecule has 12 heteroatoms. The van der Waals surface area contributed by atoms with Crippen molar-refractivity contribution in [3.05, 3.63) is 53.1 Å². The lowest BCUT2D eigenvalue weighted by Gasteiger charge is -2.43. The first-order valence-electron chi connectivity index (χ1n) is 19.7. The standard InChI is InChI=1S/C26H38N2O4.C16H27NO3.F2/c1-17(2)8-13-21-25(3,32-21)24-23(30-4)20(14-15-26(24)16-31-26)28-22(29)7-5-6-18-9-11-19(27)12-10-18;1-10(2)5-6-12-15(3,20-12)14-13(18-4)11(17)7-8-16(14)9-19-16;1-2/h8-12,20-21,23-24H,5-7,13-16,27H2,1-4H3,(H,28,29);5,11-14H,6-9,17H2,1-4H3;/t20-,21-,23-,24-,25+,26+;11-,12-,13-,14-,15+,16+;/m11./s1. The number of aryl methyl sites for hydroxylation is 1. The lowest BCUT2D eigenvalue weighted by atomic mass is 9.67. The van der Waals surface area contributed by atoms with Crippen molar-refractivity contribution in [3.63, 3.8) is 0 Å². The zero-order valence-electron chi connectivity index (χ0n) is 33.6. The van der Waals surface area contributed by atoms with Crippen LogP contribution in [-0.2, 0) is 39.6 Å². The smallest absolute Gasteiger partial charge is 0.220 e. The van der Waals surface area contributed by atoms with Crippen molar-refractivity contribution in [2.45, 2.75) is 158 Å². The average molecular weight is 762 g/mol. The Labute approximate surface area is 320 Å². The number of nitrogen functional groups attached to an aromatic ring is 1. The minimum absolute atomic E-state index is 0.0195. The number of halogens is 2. The highest BCUT2D eigenvalue weighted by Crippen LogP contribution is 2.60. The summed E-state index contributed by atoms with van der Waals surface area (Å²) in [6.07, 6.45) is 12.7. The van der Waals surface area contributed by atoms with Crippen LogP contribution in [0.2, 0.25) is 0 Å². The Bertz CT molecular complexity index is 1480. The maximum atomic E-state index is 12.8. The zero-order valence-corrected chi connectivity index (χ0v) is 33.6. The van der Waals surface area contributed by atoms with Gasteiger partial charge in [-0.1, -0.05) is 35.4 Å². The molecule has 1 amide bonds. The van der Waals surface area contributed by atoms with Crippen LogP contribution in [-0.4, -0.2) is 92.2 Å². The molecule has 1 aromatic rings. The van der Waals surface area contributed by atoms with Gasteiger partial charge in [0.05, 0.1) is 54.9 Å². The van der Waals surface area contributed by atoms with Crippen LogP contribution in [0.15, 0.2) is 47.6 Å². The average Bonchev–Trinajstić information content (AvgIpc) is 4.02. The molecule has 12 atom stereocenters. The molecule has 1 aromatic carbocycles. The fourth-order valence-corrected chi connectivity index (χ4v) is 9.58. The number of nitrogens with one attached hydrogen (secondary N) is 1. The summed E-state index contributed by atoms with van der Waals surface area (Å²) < 4.78 is 51.9. The molecule has 2 aliphatic carbocycles. The molecule has 2 spiro atoms. The predicted octanol–water partition coefficient (Wildman–Crippen LogP) is 6.65. The minimum Gasteiger partial charge on any atom is -0.399 e. The van der Waals surface area contributed by atoms with E-state index in [0.717, 1.165) is 70.3 Å². The summed E-state index contributed by atoms with van der Waals surface area (Å²) in [7, 11) is 3.51. The van der Waals surface area contributed by atoms with Crippen molar-refractivity contribution in [1.29, 1.82) is 0 Å². The molecular weight excluding hydrogens is 696 g/mol. The molecule has 4 aliphatic heterocycles. The predicted molar refractivity (Wildman–Crippen MR) is 205 cm³/mol. The van der Waals surface area contributed by atoms with E-state index >= 15 is 0 Å². The normalized spacial score (nSPS) is 39.6. The van der Waals surface area contributed by atoms with E-state index in [-0.39, 0.29) is 76.6 Å². The third-order valence-electron chi connectivity index (χ3n) is 12.8. The molecule has 6 aliphatic rings. The lowest BCUT2D eigenvalue weighted by Crippen LogP contribution is -2.59. The maximum Gasteiger partial charge on any atom is 0.220 e. The molecular formula is C42H65F2N3O7. The molecule has 0 unspecified atom stereocenters.